The van der Waals surface area contributed by atoms with Gasteiger partial charge in [0.1, 0.15) is 0 Å². The van der Waals surface area contributed by atoms with E-state index in [1.165, 1.54) is 0 Å². The number of carbonyl (C=O) groups is 1. The molecule has 4 rings (SSSR count). The second-order valence-corrected chi connectivity index (χ2v) is 10.7. The number of carbonyl (C=O) groups excluding carboxylic acids is 1. The molecule has 1 heterocycles. The van der Waals surface area contributed by atoms with Crippen LogP contribution in [0.25, 0.3) is 0 Å². The summed E-state index contributed by atoms with van der Waals surface area (Å²) in [6.45, 7) is 2.36. The maximum absolute atomic E-state index is 13.1. The number of nitrogens with two attached hydrogens (primary N) is 1. The lowest BCUT2D eigenvalue weighted by Gasteiger charge is -2.39. The highest BCUT2D eigenvalue weighted by atomic mass is 35.5. The molecule has 0 aliphatic carbocycles. The highest BCUT2D eigenvalue weighted by Gasteiger charge is 2.41. The molecule has 1 amide bonds. The fraction of sp³-hybridized carbons (Fsp3) is 0.310. The third-order valence-electron chi connectivity index (χ3n) is 7.43. The Bertz CT molecular complexity index is 1200. The number of primary amides is 1. The van der Waals surface area contributed by atoms with Gasteiger partial charge in [0.25, 0.3) is 0 Å². The van der Waals surface area contributed by atoms with Crippen molar-refractivity contribution in [2.24, 2.45) is 5.73 Å². The fourth-order valence-electron chi connectivity index (χ4n) is 5.35. The molecule has 1 fully saturated rings. The molecule has 2 N–H and O–H groups in total. The van der Waals surface area contributed by atoms with E-state index in [-0.39, 0.29) is 0 Å². The number of halogens is 3. The van der Waals surface area contributed by atoms with Gasteiger partial charge < -0.3 is 10.6 Å². The molecule has 0 atom stereocenters. The summed E-state index contributed by atoms with van der Waals surface area (Å²) >= 11 is 18.7. The van der Waals surface area contributed by atoms with Crippen LogP contribution in [0.15, 0.2) is 72.8 Å². The van der Waals surface area contributed by atoms with Crippen LogP contribution in [0.5, 0.6) is 0 Å². The van der Waals surface area contributed by atoms with Gasteiger partial charge in [0.2, 0.25) is 5.91 Å². The zero-order valence-corrected chi connectivity index (χ0v) is 22.2. The predicted molar refractivity (Wildman–Crippen MR) is 147 cm³/mol. The van der Waals surface area contributed by atoms with Crippen molar-refractivity contribution in [3.05, 3.63) is 105 Å². The van der Waals surface area contributed by atoms with E-state index >= 15 is 0 Å². The zero-order chi connectivity index (χ0) is 25.8. The Balaban J connectivity index is 1.51. The number of nitrogens with zero attached hydrogens (tertiary/aromatic N) is 2. The third-order valence-corrected chi connectivity index (χ3v) is 8.27. The van der Waals surface area contributed by atoms with Crippen LogP contribution in [0.1, 0.15) is 42.4 Å². The topological polar surface area (TPSA) is 70.1 Å². The number of amides is 1. The van der Waals surface area contributed by atoms with Gasteiger partial charge in [-0.15, -0.1) is 0 Å². The van der Waals surface area contributed by atoms with Crippen molar-refractivity contribution in [2.45, 2.75) is 36.5 Å². The lowest BCUT2D eigenvalue weighted by atomic mass is 9.70. The first-order valence-electron chi connectivity index (χ1n) is 12.0. The zero-order valence-electron chi connectivity index (χ0n) is 19.9. The summed E-state index contributed by atoms with van der Waals surface area (Å²) in [5.41, 5.74) is 7.05. The van der Waals surface area contributed by atoms with E-state index in [4.69, 9.17) is 40.5 Å². The molecule has 0 saturated carbocycles. The summed E-state index contributed by atoms with van der Waals surface area (Å²) in [5, 5.41) is 11.9. The van der Waals surface area contributed by atoms with Crippen molar-refractivity contribution >= 4 is 40.7 Å². The minimum atomic E-state index is -1.00. The number of benzene rings is 3. The largest absolute Gasteiger partial charge is 0.369 e. The molecule has 1 aliphatic rings. The van der Waals surface area contributed by atoms with Crippen molar-refractivity contribution in [3.63, 3.8) is 0 Å². The lowest BCUT2D eigenvalue weighted by molar-refractivity contribution is -0.122. The van der Waals surface area contributed by atoms with Crippen LogP contribution in [-0.4, -0.2) is 30.4 Å². The Labute approximate surface area is 227 Å². The van der Waals surface area contributed by atoms with Crippen LogP contribution < -0.4 is 5.73 Å². The third kappa shape index (κ3) is 5.26. The van der Waals surface area contributed by atoms with Crippen molar-refractivity contribution in [3.8, 4) is 6.07 Å². The molecular formula is C29H28Cl3N3O. The Morgan fingerprint density at radius 3 is 1.92 bits per heavy atom. The normalized spacial score (nSPS) is 15.8. The summed E-state index contributed by atoms with van der Waals surface area (Å²) in [4.78, 5) is 15.4. The summed E-state index contributed by atoms with van der Waals surface area (Å²) in [6.07, 6.45) is 2.71. The van der Waals surface area contributed by atoms with Crippen LogP contribution in [0.2, 0.25) is 15.1 Å². The van der Waals surface area contributed by atoms with Crippen LogP contribution in [0, 0.1) is 11.3 Å². The molecule has 3 aromatic rings. The van der Waals surface area contributed by atoms with Crippen LogP contribution in [0.3, 0.4) is 0 Å². The minimum absolute atomic E-state index is 0.409. The maximum atomic E-state index is 13.1. The first-order chi connectivity index (χ1) is 17.3. The molecule has 1 aliphatic heterocycles. The fourth-order valence-corrected chi connectivity index (χ4v) is 5.92. The van der Waals surface area contributed by atoms with E-state index in [0.717, 1.165) is 42.7 Å². The first kappa shape index (κ1) is 26.5. The molecule has 7 heteroatoms. The van der Waals surface area contributed by atoms with E-state index in [2.05, 4.69) is 11.0 Å². The average Bonchev–Trinajstić information content (AvgIpc) is 2.89. The second-order valence-electron chi connectivity index (χ2n) is 9.40. The second kappa shape index (κ2) is 11.2. The van der Waals surface area contributed by atoms with Gasteiger partial charge in [0, 0.05) is 15.1 Å². The van der Waals surface area contributed by atoms with Gasteiger partial charge in [-0.2, -0.15) is 5.26 Å². The highest BCUT2D eigenvalue weighted by molar-refractivity contribution is 6.31. The molecule has 0 unspecified atom stereocenters. The summed E-state index contributed by atoms with van der Waals surface area (Å²) < 4.78 is 0. The van der Waals surface area contributed by atoms with Gasteiger partial charge in [0.05, 0.1) is 16.9 Å². The molecule has 0 radical (unpaired) electrons. The molecule has 186 valence electrons. The molecule has 3 aromatic carbocycles. The molecule has 4 nitrogen and oxygen atoms in total. The van der Waals surface area contributed by atoms with Crippen LogP contribution in [-0.2, 0) is 15.6 Å². The number of hydrogen-bond acceptors (Lipinski definition) is 3. The van der Waals surface area contributed by atoms with Crippen molar-refractivity contribution in [2.75, 3.05) is 19.6 Å². The van der Waals surface area contributed by atoms with E-state index < -0.39 is 16.7 Å². The number of rotatable bonds is 8. The molecule has 1 saturated heterocycles. The highest BCUT2D eigenvalue weighted by Crippen LogP contribution is 2.40. The van der Waals surface area contributed by atoms with Gasteiger partial charge in [-0.05, 0) is 92.3 Å². The van der Waals surface area contributed by atoms with E-state index in [1.807, 2.05) is 48.5 Å². The summed E-state index contributed by atoms with van der Waals surface area (Å²) in [7, 11) is 0. The summed E-state index contributed by atoms with van der Waals surface area (Å²) in [5.74, 6) is -0.409. The van der Waals surface area contributed by atoms with E-state index in [0.29, 0.717) is 34.3 Å². The smallest absolute Gasteiger partial charge is 0.232 e. The monoisotopic (exact) mass is 539 g/mol. The van der Waals surface area contributed by atoms with Gasteiger partial charge in [-0.1, -0.05) is 77.3 Å². The first-order valence-corrected chi connectivity index (χ1v) is 13.1. The lowest BCUT2D eigenvalue weighted by Crippen LogP contribution is -2.44. The van der Waals surface area contributed by atoms with Gasteiger partial charge >= 0.3 is 0 Å². The molecule has 0 bridgehead atoms. The number of hydrogen-bond donors (Lipinski definition) is 1. The SMILES string of the molecule is N#CC1(c2ccccc2Cl)CCN(CCCC(C(N)=O)(c2ccc(Cl)cc2)c2ccc(Cl)cc2)CC1. The van der Waals surface area contributed by atoms with Crippen LogP contribution >= 0.6 is 34.8 Å². The Hall–Kier alpha value is -2.55. The standard InChI is InChI=1S/C29H28Cl3N3O/c30-23-10-6-21(7-11-23)29(27(34)36,22-8-12-24(31)13-9-22)14-3-17-35-18-15-28(20-33,16-19-35)25-4-1-2-5-26(25)32/h1-2,4-13H,3,14-19H2,(H2,34,36). The van der Waals surface area contributed by atoms with E-state index in [9.17, 15) is 10.1 Å². The van der Waals surface area contributed by atoms with E-state index in [1.54, 1.807) is 24.3 Å². The number of piperidine rings is 1. The van der Waals surface area contributed by atoms with Gasteiger partial charge in [-0.3, -0.25) is 4.79 Å². The average molecular weight is 541 g/mol. The summed E-state index contributed by atoms with van der Waals surface area (Å²) in [6, 6.07) is 24.8. The number of nitriles is 1. The maximum Gasteiger partial charge on any atom is 0.232 e. The predicted octanol–water partition coefficient (Wildman–Crippen LogP) is 6.76. The molecule has 36 heavy (non-hydrogen) atoms. The van der Waals surface area contributed by atoms with Crippen molar-refractivity contribution < 1.29 is 4.79 Å². The van der Waals surface area contributed by atoms with Gasteiger partial charge in [0.15, 0.2) is 0 Å². The van der Waals surface area contributed by atoms with Gasteiger partial charge in [-0.25, -0.2) is 0 Å². The molecule has 0 aromatic heterocycles. The van der Waals surface area contributed by atoms with Crippen LogP contribution in [0.4, 0.5) is 0 Å². The Kier molecular flexibility index (Phi) is 8.27. The Morgan fingerprint density at radius 1 is 0.917 bits per heavy atom. The number of likely N-dealkylation sites (tertiary alicyclic amines) is 1. The Morgan fingerprint density at radius 2 is 1.44 bits per heavy atom. The minimum Gasteiger partial charge on any atom is -0.369 e. The molecule has 0 spiro atoms. The van der Waals surface area contributed by atoms with Crippen molar-refractivity contribution in [1.29, 1.82) is 5.26 Å². The quantitative estimate of drug-likeness (QED) is 0.343. The molecular weight excluding hydrogens is 513 g/mol. The van der Waals surface area contributed by atoms with Crippen molar-refractivity contribution in [1.82, 2.24) is 4.90 Å².